The van der Waals surface area contributed by atoms with E-state index in [4.69, 9.17) is 12.2 Å². The first-order valence-electron chi connectivity index (χ1n) is 8.34. The third-order valence-corrected chi connectivity index (χ3v) is 4.41. The molecule has 5 heteroatoms. The van der Waals surface area contributed by atoms with Crippen molar-refractivity contribution in [2.45, 2.75) is 13.0 Å². The highest BCUT2D eigenvalue weighted by Crippen LogP contribution is 2.09. The molecule has 0 radical (unpaired) electrons. The van der Waals surface area contributed by atoms with Gasteiger partial charge in [0.1, 0.15) is 0 Å². The normalized spacial score (nSPS) is 10.4. The van der Waals surface area contributed by atoms with Crippen molar-refractivity contribution in [3.05, 3.63) is 84.2 Å². The molecule has 0 fully saturated rings. The predicted molar refractivity (Wildman–Crippen MR) is 106 cm³/mol. The summed E-state index contributed by atoms with van der Waals surface area (Å²) in [6.45, 7) is 1.56. The monoisotopic (exact) mass is 350 g/mol. The lowest BCUT2D eigenvalue weighted by atomic mass is 10.1. The van der Waals surface area contributed by atoms with Crippen molar-refractivity contribution >= 4 is 17.3 Å². The van der Waals surface area contributed by atoms with E-state index in [-0.39, 0.29) is 0 Å². The number of nitrogens with zero attached hydrogens (tertiary/aromatic N) is 3. The van der Waals surface area contributed by atoms with Crippen LogP contribution >= 0.6 is 12.2 Å². The van der Waals surface area contributed by atoms with Gasteiger partial charge in [-0.05, 0) is 36.3 Å². The number of aromatic nitrogens is 2. The minimum atomic E-state index is 0.726. The van der Waals surface area contributed by atoms with Gasteiger partial charge < -0.3 is 10.2 Å². The number of rotatable bonds is 6. The van der Waals surface area contributed by atoms with E-state index in [0.29, 0.717) is 0 Å². The Hall–Kier alpha value is -2.66. The van der Waals surface area contributed by atoms with Gasteiger partial charge in [0.25, 0.3) is 0 Å². The molecule has 2 aromatic carbocycles. The van der Waals surface area contributed by atoms with Crippen molar-refractivity contribution in [1.29, 1.82) is 0 Å². The first-order chi connectivity index (χ1) is 12.2. The maximum absolute atomic E-state index is 5.48. The van der Waals surface area contributed by atoms with E-state index in [9.17, 15) is 0 Å². The second-order valence-corrected chi connectivity index (χ2v) is 6.34. The summed E-state index contributed by atoms with van der Waals surface area (Å²) in [4.78, 5) is 2.03. The summed E-state index contributed by atoms with van der Waals surface area (Å²) in [5, 5.41) is 8.50. The van der Waals surface area contributed by atoms with E-state index in [1.807, 2.05) is 65.4 Å². The number of hydrogen-bond donors (Lipinski definition) is 1. The molecule has 0 aliphatic rings. The number of nitrogens with one attached hydrogen (secondary N) is 1. The van der Waals surface area contributed by atoms with Crippen molar-refractivity contribution in [1.82, 2.24) is 20.0 Å². The molecule has 0 amide bonds. The highest BCUT2D eigenvalue weighted by Gasteiger charge is 2.07. The van der Waals surface area contributed by atoms with Gasteiger partial charge in [-0.3, -0.25) is 0 Å². The predicted octanol–water partition coefficient (Wildman–Crippen LogP) is 3.42. The Labute approximate surface area is 154 Å². The molecule has 25 heavy (non-hydrogen) atoms. The van der Waals surface area contributed by atoms with Crippen molar-refractivity contribution < 1.29 is 0 Å². The molecule has 3 rings (SSSR count). The van der Waals surface area contributed by atoms with Crippen LogP contribution in [-0.2, 0) is 13.0 Å². The second kappa shape index (κ2) is 8.44. The zero-order chi connectivity index (χ0) is 17.5. The number of para-hydroxylation sites is 1. The van der Waals surface area contributed by atoms with Gasteiger partial charge in [-0.2, -0.15) is 5.10 Å². The summed E-state index contributed by atoms with van der Waals surface area (Å²) < 4.78 is 1.88. The standard InChI is InChI=1S/C20H22N4S/c1-23(20(25)21-13-12-17-8-4-2-5-9-17)15-18-14-22-24(16-18)19-10-6-3-7-11-19/h2-11,14,16H,12-13,15H2,1H3,(H,21,25). The molecule has 1 N–H and O–H groups in total. The fraction of sp³-hybridized carbons (Fsp3) is 0.200. The lowest BCUT2D eigenvalue weighted by Crippen LogP contribution is -2.37. The van der Waals surface area contributed by atoms with E-state index in [1.165, 1.54) is 5.56 Å². The van der Waals surface area contributed by atoms with Gasteiger partial charge in [-0.15, -0.1) is 0 Å². The van der Waals surface area contributed by atoms with Gasteiger partial charge in [-0.1, -0.05) is 48.5 Å². The van der Waals surface area contributed by atoms with Crippen molar-refractivity contribution in [2.75, 3.05) is 13.6 Å². The topological polar surface area (TPSA) is 33.1 Å². The molecule has 0 bridgehead atoms. The molecule has 0 aliphatic heterocycles. The van der Waals surface area contributed by atoms with Crippen LogP contribution in [0.4, 0.5) is 0 Å². The molecule has 0 spiro atoms. The Morgan fingerprint density at radius 2 is 1.72 bits per heavy atom. The molecule has 0 saturated heterocycles. The quantitative estimate of drug-likeness (QED) is 0.691. The zero-order valence-electron chi connectivity index (χ0n) is 14.3. The van der Waals surface area contributed by atoms with E-state index in [0.717, 1.165) is 35.9 Å². The van der Waals surface area contributed by atoms with Crippen LogP contribution in [0.5, 0.6) is 0 Å². The van der Waals surface area contributed by atoms with E-state index < -0.39 is 0 Å². The summed E-state index contributed by atoms with van der Waals surface area (Å²) in [6.07, 6.45) is 4.88. The molecule has 0 saturated carbocycles. The molecule has 1 aromatic heterocycles. The average Bonchev–Trinajstić information content (AvgIpc) is 3.12. The van der Waals surface area contributed by atoms with Crippen LogP contribution in [0.15, 0.2) is 73.1 Å². The van der Waals surface area contributed by atoms with Crippen LogP contribution < -0.4 is 5.32 Å². The van der Waals surface area contributed by atoms with Gasteiger partial charge in [-0.25, -0.2) is 4.68 Å². The molecule has 0 aliphatic carbocycles. The third kappa shape index (κ3) is 4.90. The Bertz CT molecular complexity index is 799. The largest absolute Gasteiger partial charge is 0.362 e. The van der Waals surface area contributed by atoms with Crippen molar-refractivity contribution in [2.24, 2.45) is 0 Å². The van der Waals surface area contributed by atoms with Crippen molar-refractivity contribution in [3.8, 4) is 5.69 Å². The van der Waals surface area contributed by atoms with Gasteiger partial charge in [0.2, 0.25) is 0 Å². The molecule has 128 valence electrons. The van der Waals surface area contributed by atoms with Gasteiger partial charge >= 0.3 is 0 Å². The van der Waals surface area contributed by atoms with Crippen molar-refractivity contribution in [3.63, 3.8) is 0 Å². The van der Waals surface area contributed by atoms with Crippen LogP contribution in [0.1, 0.15) is 11.1 Å². The minimum Gasteiger partial charge on any atom is -0.362 e. The Kier molecular flexibility index (Phi) is 5.80. The zero-order valence-corrected chi connectivity index (χ0v) is 15.1. The lowest BCUT2D eigenvalue weighted by Gasteiger charge is -2.20. The van der Waals surface area contributed by atoms with Crippen LogP contribution in [-0.4, -0.2) is 33.4 Å². The van der Waals surface area contributed by atoms with Gasteiger partial charge in [0, 0.05) is 31.9 Å². The molecule has 4 nitrogen and oxygen atoms in total. The number of thiocarbonyl (C=S) groups is 1. The van der Waals surface area contributed by atoms with Crippen LogP contribution in [0.25, 0.3) is 5.69 Å². The van der Waals surface area contributed by atoms with Crippen LogP contribution in [0, 0.1) is 0 Å². The number of hydrogen-bond acceptors (Lipinski definition) is 2. The maximum atomic E-state index is 5.48. The highest BCUT2D eigenvalue weighted by molar-refractivity contribution is 7.80. The first kappa shape index (κ1) is 17.2. The molecular formula is C20H22N4S. The third-order valence-electron chi connectivity index (χ3n) is 3.96. The summed E-state index contributed by atoms with van der Waals surface area (Å²) in [5.74, 6) is 0. The molecule has 1 heterocycles. The van der Waals surface area contributed by atoms with E-state index >= 15 is 0 Å². The van der Waals surface area contributed by atoms with E-state index in [2.05, 4.69) is 34.7 Å². The van der Waals surface area contributed by atoms with Gasteiger partial charge in [0.05, 0.1) is 11.9 Å². The highest BCUT2D eigenvalue weighted by atomic mass is 32.1. The summed E-state index contributed by atoms with van der Waals surface area (Å²) in [5.41, 5.74) is 3.49. The Morgan fingerprint density at radius 1 is 1.04 bits per heavy atom. The molecular weight excluding hydrogens is 328 g/mol. The Morgan fingerprint density at radius 3 is 2.44 bits per heavy atom. The molecule has 0 unspecified atom stereocenters. The van der Waals surface area contributed by atoms with E-state index in [1.54, 1.807) is 0 Å². The SMILES string of the molecule is CN(Cc1cnn(-c2ccccc2)c1)C(=S)NCCc1ccccc1. The minimum absolute atomic E-state index is 0.726. The summed E-state index contributed by atoms with van der Waals surface area (Å²) in [7, 11) is 2.00. The average molecular weight is 350 g/mol. The smallest absolute Gasteiger partial charge is 0.168 e. The molecule has 0 atom stereocenters. The second-order valence-electron chi connectivity index (χ2n) is 5.95. The Balaban J connectivity index is 1.49. The fourth-order valence-corrected chi connectivity index (χ4v) is 2.77. The lowest BCUT2D eigenvalue weighted by molar-refractivity contribution is 0.489. The summed E-state index contributed by atoms with van der Waals surface area (Å²) >= 11 is 5.48. The fourth-order valence-electron chi connectivity index (χ4n) is 2.60. The van der Waals surface area contributed by atoms with Crippen LogP contribution in [0.3, 0.4) is 0 Å². The number of benzene rings is 2. The molecule has 3 aromatic rings. The first-order valence-corrected chi connectivity index (χ1v) is 8.75. The van der Waals surface area contributed by atoms with Gasteiger partial charge in [0.15, 0.2) is 5.11 Å². The maximum Gasteiger partial charge on any atom is 0.168 e. The summed E-state index contributed by atoms with van der Waals surface area (Å²) in [6, 6.07) is 20.5. The van der Waals surface area contributed by atoms with Crippen LogP contribution in [0.2, 0.25) is 0 Å².